The molecule has 2 aliphatic carbocycles. The van der Waals surface area contributed by atoms with E-state index < -0.39 is 0 Å². The first-order valence-corrected chi connectivity index (χ1v) is 7.58. The van der Waals surface area contributed by atoms with Crippen molar-refractivity contribution in [3.63, 3.8) is 0 Å². The first-order valence-electron chi connectivity index (χ1n) is 7.58. The maximum atomic E-state index is 11.6. The zero-order valence-electron chi connectivity index (χ0n) is 11.9. The van der Waals surface area contributed by atoms with E-state index in [-0.39, 0.29) is 11.6 Å². The third-order valence-corrected chi connectivity index (χ3v) is 3.64. The van der Waals surface area contributed by atoms with Crippen LogP contribution >= 0.6 is 0 Å². The van der Waals surface area contributed by atoms with Crippen molar-refractivity contribution in [3.05, 3.63) is 12.2 Å². The van der Waals surface area contributed by atoms with Crippen LogP contribution < -0.4 is 0 Å². The summed E-state index contributed by atoms with van der Waals surface area (Å²) in [7, 11) is 0. The van der Waals surface area contributed by atoms with Gasteiger partial charge < -0.3 is 0 Å². The van der Waals surface area contributed by atoms with Crippen molar-refractivity contribution < 1.29 is 9.59 Å². The fourth-order valence-corrected chi connectivity index (χ4v) is 2.44. The van der Waals surface area contributed by atoms with Gasteiger partial charge in [-0.05, 0) is 44.6 Å². The van der Waals surface area contributed by atoms with Crippen molar-refractivity contribution >= 4 is 23.0 Å². The molecule has 0 bridgehead atoms. The summed E-state index contributed by atoms with van der Waals surface area (Å²) in [6.45, 7) is 1.37. The molecule has 0 spiro atoms. The van der Waals surface area contributed by atoms with Crippen molar-refractivity contribution in [1.29, 1.82) is 0 Å². The molecule has 0 aromatic carbocycles. The molecule has 0 unspecified atom stereocenters. The number of unbranched alkanes of at least 4 members (excludes halogenated alkanes) is 1. The van der Waals surface area contributed by atoms with E-state index in [9.17, 15) is 9.59 Å². The molecular weight excluding hydrogens is 252 g/mol. The molecule has 0 aromatic heterocycles. The monoisotopic (exact) mass is 274 g/mol. The molecule has 4 nitrogen and oxygen atoms in total. The molecule has 1 saturated carbocycles. The van der Waals surface area contributed by atoms with Crippen LogP contribution in [0.3, 0.4) is 0 Å². The number of Topliss-reactive ketones (excluding diaryl/α,β-unsaturated/α-hetero) is 2. The standard InChI is InChI=1S/C16H22N2O2/c19-15-9-3-1-7-13(15)17-11-5-6-12-18-14-8-2-4-10-16(14)20/h1,7H,2-6,8-12H2. The predicted octanol–water partition coefficient (Wildman–Crippen LogP) is 2.71. The minimum absolute atomic E-state index is 0.153. The summed E-state index contributed by atoms with van der Waals surface area (Å²) in [6.07, 6.45) is 10.7. The molecule has 2 aliphatic rings. The smallest absolute Gasteiger partial charge is 0.181 e. The van der Waals surface area contributed by atoms with E-state index in [0.29, 0.717) is 31.6 Å². The van der Waals surface area contributed by atoms with Crippen molar-refractivity contribution in [2.45, 2.75) is 51.4 Å². The van der Waals surface area contributed by atoms with Crippen LogP contribution in [-0.2, 0) is 9.59 Å². The Labute approximate surface area is 120 Å². The Kier molecular flexibility index (Phi) is 5.84. The molecule has 0 atom stereocenters. The molecule has 4 heteroatoms. The summed E-state index contributed by atoms with van der Waals surface area (Å²) < 4.78 is 0. The SMILES string of the molecule is O=C1CCC=CC1=NCCCCN=C1CCCCC1=O. The predicted molar refractivity (Wildman–Crippen MR) is 80.7 cm³/mol. The highest BCUT2D eigenvalue weighted by Gasteiger charge is 2.15. The molecule has 0 aliphatic heterocycles. The lowest BCUT2D eigenvalue weighted by atomic mass is 9.97. The largest absolute Gasteiger partial charge is 0.293 e. The van der Waals surface area contributed by atoms with Crippen LogP contribution in [0.2, 0.25) is 0 Å². The van der Waals surface area contributed by atoms with E-state index in [2.05, 4.69) is 9.98 Å². The lowest BCUT2D eigenvalue weighted by Gasteiger charge is -2.11. The summed E-state index contributed by atoms with van der Waals surface area (Å²) in [5.74, 6) is 0.384. The Morgan fingerprint density at radius 1 is 0.900 bits per heavy atom. The summed E-state index contributed by atoms with van der Waals surface area (Å²) >= 11 is 0. The van der Waals surface area contributed by atoms with Crippen LogP contribution in [0.15, 0.2) is 22.1 Å². The minimum atomic E-state index is 0.153. The molecule has 0 amide bonds. The van der Waals surface area contributed by atoms with Gasteiger partial charge in [0.15, 0.2) is 11.6 Å². The van der Waals surface area contributed by atoms with Gasteiger partial charge in [-0.25, -0.2) is 0 Å². The number of aliphatic imine (C=N–C) groups is 2. The van der Waals surface area contributed by atoms with Gasteiger partial charge >= 0.3 is 0 Å². The molecule has 0 N–H and O–H groups in total. The van der Waals surface area contributed by atoms with Crippen molar-refractivity contribution in [1.82, 2.24) is 0 Å². The molecule has 0 aromatic rings. The number of rotatable bonds is 5. The molecule has 108 valence electrons. The highest BCUT2D eigenvalue weighted by molar-refractivity contribution is 6.44. The third-order valence-electron chi connectivity index (χ3n) is 3.64. The third kappa shape index (κ3) is 4.51. The van der Waals surface area contributed by atoms with Gasteiger partial charge in [0, 0.05) is 25.9 Å². The maximum Gasteiger partial charge on any atom is 0.181 e. The first-order chi connectivity index (χ1) is 9.77. The van der Waals surface area contributed by atoms with Crippen LogP contribution in [0.5, 0.6) is 0 Å². The lowest BCUT2D eigenvalue weighted by Crippen LogP contribution is -2.19. The Bertz CT molecular complexity index is 461. The lowest BCUT2D eigenvalue weighted by molar-refractivity contribution is -0.114. The fraction of sp³-hybridized carbons (Fsp3) is 0.625. The average Bonchev–Trinajstić information content (AvgIpc) is 2.46. The van der Waals surface area contributed by atoms with Crippen LogP contribution in [-0.4, -0.2) is 36.1 Å². The molecule has 20 heavy (non-hydrogen) atoms. The van der Waals surface area contributed by atoms with Crippen LogP contribution in [0, 0.1) is 0 Å². The number of allylic oxidation sites excluding steroid dienone is 2. The maximum absolute atomic E-state index is 11.6. The minimum Gasteiger partial charge on any atom is -0.293 e. The van der Waals surface area contributed by atoms with Crippen LogP contribution in [0.4, 0.5) is 0 Å². The normalized spacial score (nSPS) is 23.8. The van der Waals surface area contributed by atoms with E-state index in [1.807, 2.05) is 12.2 Å². The second kappa shape index (κ2) is 7.88. The molecule has 0 heterocycles. The second-order valence-corrected chi connectivity index (χ2v) is 5.30. The number of carbonyl (C=O) groups is 2. The zero-order valence-corrected chi connectivity index (χ0v) is 11.9. The number of carbonyl (C=O) groups excluding carboxylic acids is 2. The molecule has 0 radical (unpaired) electrons. The van der Waals surface area contributed by atoms with Gasteiger partial charge in [-0.15, -0.1) is 0 Å². The fourth-order valence-electron chi connectivity index (χ4n) is 2.44. The Hall–Kier alpha value is -1.58. The topological polar surface area (TPSA) is 58.9 Å². The number of ketones is 2. The van der Waals surface area contributed by atoms with Gasteiger partial charge in [0.2, 0.25) is 0 Å². The highest BCUT2D eigenvalue weighted by Crippen LogP contribution is 2.12. The molecule has 1 fully saturated rings. The zero-order chi connectivity index (χ0) is 14.2. The number of hydrogen-bond acceptors (Lipinski definition) is 4. The van der Waals surface area contributed by atoms with Crippen LogP contribution in [0.25, 0.3) is 0 Å². The van der Waals surface area contributed by atoms with E-state index >= 15 is 0 Å². The van der Waals surface area contributed by atoms with Crippen LogP contribution in [0.1, 0.15) is 51.4 Å². The van der Waals surface area contributed by atoms with E-state index in [4.69, 9.17) is 0 Å². The van der Waals surface area contributed by atoms with Gasteiger partial charge in [0.25, 0.3) is 0 Å². The van der Waals surface area contributed by atoms with Gasteiger partial charge in [-0.1, -0.05) is 6.08 Å². The van der Waals surface area contributed by atoms with Gasteiger partial charge in [0.05, 0.1) is 5.71 Å². The quantitative estimate of drug-likeness (QED) is 0.724. The van der Waals surface area contributed by atoms with Crippen molar-refractivity contribution in [2.75, 3.05) is 13.1 Å². The van der Waals surface area contributed by atoms with E-state index in [1.54, 1.807) is 0 Å². The summed E-state index contributed by atoms with van der Waals surface area (Å²) in [5.41, 5.74) is 1.40. The second-order valence-electron chi connectivity index (χ2n) is 5.30. The average molecular weight is 274 g/mol. The summed E-state index contributed by atoms with van der Waals surface area (Å²) in [5, 5.41) is 0. The van der Waals surface area contributed by atoms with Crippen molar-refractivity contribution in [3.8, 4) is 0 Å². The van der Waals surface area contributed by atoms with E-state index in [1.165, 1.54) is 0 Å². The summed E-state index contributed by atoms with van der Waals surface area (Å²) in [6, 6.07) is 0. The number of nitrogens with zero attached hydrogens (tertiary/aromatic N) is 2. The molecule has 2 rings (SSSR count). The van der Waals surface area contributed by atoms with Gasteiger partial charge in [-0.2, -0.15) is 0 Å². The molecular formula is C16H22N2O2. The first kappa shape index (κ1) is 14.8. The Morgan fingerprint density at radius 2 is 1.65 bits per heavy atom. The van der Waals surface area contributed by atoms with Crippen molar-refractivity contribution in [2.24, 2.45) is 9.98 Å². The molecule has 0 saturated heterocycles. The van der Waals surface area contributed by atoms with Gasteiger partial charge in [0.1, 0.15) is 5.71 Å². The summed E-state index contributed by atoms with van der Waals surface area (Å²) in [4.78, 5) is 31.8. The number of hydrogen-bond donors (Lipinski definition) is 0. The Morgan fingerprint density at radius 3 is 2.40 bits per heavy atom. The highest BCUT2D eigenvalue weighted by atomic mass is 16.1. The van der Waals surface area contributed by atoms with E-state index in [0.717, 1.165) is 44.2 Å². The Balaban J connectivity index is 1.66. The van der Waals surface area contributed by atoms with Gasteiger partial charge in [-0.3, -0.25) is 19.6 Å².